The number of aliphatic hydroxyl groups excluding tert-OH is 1. The summed E-state index contributed by atoms with van der Waals surface area (Å²) in [6.07, 6.45) is -0.778. The van der Waals surface area contributed by atoms with Crippen LogP contribution in [0.3, 0.4) is 0 Å². The first-order chi connectivity index (χ1) is 7.93. The Morgan fingerprint density at radius 2 is 1.76 bits per heavy atom. The highest BCUT2D eigenvalue weighted by molar-refractivity contribution is 6.20. The molecule has 0 aliphatic rings. The largest absolute Gasteiger partial charge is 0.496 e. The summed E-state index contributed by atoms with van der Waals surface area (Å²) in [5, 5.41) is 9.68. The second-order valence-corrected chi connectivity index (χ2v) is 4.76. The predicted molar refractivity (Wildman–Crippen MR) is 69.3 cm³/mol. The van der Waals surface area contributed by atoms with Crippen LogP contribution in [0.5, 0.6) is 11.5 Å². The molecule has 0 radical (unpaired) electrons. The molecule has 0 saturated carbocycles. The highest BCUT2D eigenvalue weighted by Gasteiger charge is 2.22. The Morgan fingerprint density at radius 3 is 2.18 bits per heavy atom. The van der Waals surface area contributed by atoms with Crippen molar-refractivity contribution in [2.75, 3.05) is 14.2 Å². The molecule has 0 saturated heterocycles. The van der Waals surface area contributed by atoms with E-state index in [9.17, 15) is 5.11 Å². The summed E-state index contributed by atoms with van der Waals surface area (Å²) in [5.41, 5.74) is 2.62. The van der Waals surface area contributed by atoms with E-state index < -0.39 is 11.5 Å². The molecular formula is C13H19ClO3. The molecule has 1 aromatic carbocycles. The fourth-order valence-electron chi connectivity index (χ4n) is 1.84. The van der Waals surface area contributed by atoms with E-state index in [2.05, 4.69) is 0 Å². The second-order valence-electron chi connectivity index (χ2n) is 4.07. The zero-order chi connectivity index (χ0) is 13.2. The lowest BCUT2D eigenvalue weighted by molar-refractivity contribution is 0.172. The van der Waals surface area contributed by atoms with E-state index in [0.717, 1.165) is 16.9 Å². The monoisotopic (exact) mass is 258 g/mol. The molecule has 0 aromatic heterocycles. The number of hydrogen-bond donors (Lipinski definition) is 1. The summed E-state index contributed by atoms with van der Waals surface area (Å²) in [5.74, 6) is 1.40. The third-order valence-electron chi connectivity index (χ3n) is 3.00. The van der Waals surface area contributed by atoms with Gasteiger partial charge >= 0.3 is 0 Å². The van der Waals surface area contributed by atoms with Crippen LogP contribution in [0.2, 0.25) is 0 Å². The number of rotatable bonds is 4. The van der Waals surface area contributed by atoms with Gasteiger partial charge in [-0.15, -0.1) is 11.6 Å². The summed E-state index contributed by atoms with van der Waals surface area (Å²) < 4.78 is 10.6. The fourth-order valence-corrected chi connectivity index (χ4v) is 1.97. The number of aliphatic hydroxyl groups is 1. The van der Waals surface area contributed by atoms with Crippen molar-refractivity contribution in [1.29, 1.82) is 0 Å². The van der Waals surface area contributed by atoms with E-state index in [-0.39, 0.29) is 0 Å². The van der Waals surface area contributed by atoms with E-state index in [4.69, 9.17) is 21.1 Å². The molecule has 96 valence electrons. The molecule has 1 rings (SSSR count). The zero-order valence-corrected chi connectivity index (χ0v) is 11.6. The first-order valence-electron chi connectivity index (χ1n) is 5.48. The lowest BCUT2D eigenvalue weighted by Gasteiger charge is -2.21. The lowest BCUT2D eigenvalue weighted by atomic mass is 9.98. The number of methoxy groups -OCH3 is 2. The number of ether oxygens (including phenoxy) is 2. The van der Waals surface area contributed by atoms with Crippen molar-refractivity contribution in [2.24, 2.45) is 0 Å². The van der Waals surface area contributed by atoms with E-state index in [1.165, 1.54) is 0 Å². The average molecular weight is 259 g/mol. The van der Waals surface area contributed by atoms with Gasteiger partial charge in [-0.05, 0) is 38.0 Å². The maximum absolute atomic E-state index is 10.1. The van der Waals surface area contributed by atoms with Crippen molar-refractivity contribution < 1.29 is 14.6 Å². The van der Waals surface area contributed by atoms with Crippen molar-refractivity contribution >= 4 is 11.6 Å². The molecule has 2 atom stereocenters. The molecule has 0 bridgehead atoms. The Balaban J connectivity index is 3.42. The molecule has 4 heteroatoms. The van der Waals surface area contributed by atoms with Crippen LogP contribution in [-0.2, 0) is 0 Å². The van der Waals surface area contributed by atoms with Gasteiger partial charge in [-0.3, -0.25) is 0 Å². The van der Waals surface area contributed by atoms with Gasteiger partial charge in [0.1, 0.15) is 11.5 Å². The molecule has 3 nitrogen and oxygen atoms in total. The Hall–Kier alpha value is -0.930. The molecule has 1 N–H and O–H groups in total. The molecule has 17 heavy (non-hydrogen) atoms. The molecule has 0 fully saturated rings. The van der Waals surface area contributed by atoms with Crippen LogP contribution >= 0.6 is 11.6 Å². The quantitative estimate of drug-likeness (QED) is 0.844. The lowest BCUT2D eigenvalue weighted by Crippen LogP contribution is -2.11. The summed E-state index contributed by atoms with van der Waals surface area (Å²) in [6, 6.07) is 1.78. The highest BCUT2D eigenvalue weighted by atomic mass is 35.5. The van der Waals surface area contributed by atoms with Crippen molar-refractivity contribution in [1.82, 2.24) is 0 Å². The van der Waals surface area contributed by atoms with Crippen LogP contribution in [0.1, 0.15) is 29.7 Å². The van der Waals surface area contributed by atoms with E-state index in [0.29, 0.717) is 11.3 Å². The SMILES string of the molecule is COc1cc(C(O)C(C)Cl)c(OC)c(C)c1C. The second kappa shape index (κ2) is 5.61. The predicted octanol–water partition coefficient (Wildman–Crippen LogP) is 2.98. The molecule has 0 aliphatic carbocycles. The van der Waals surface area contributed by atoms with Crippen LogP contribution in [0.15, 0.2) is 6.07 Å². The minimum absolute atomic E-state index is 0.393. The number of benzene rings is 1. The third-order valence-corrected chi connectivity index (χ3v) is 3.24. The van der Waals surface area contributed by atoms with Crippen LogP contribution in [0.4, 0.5) is 0 Å². The fraction of sp³-hybridized carbons (Fsp3) is 0.538. The van der Waals surface area contributed by atoms with Gasteiger partial charge < -0.3 is 14.6 Å². The van der Waals surface area contributed by atoms with Crippen molar-refractivity contribution in [3.63, 3.8) is 0 Å². The Morgan fingerprint density at radius 1 is 1.18 bits per heavy atom. The van der Waals surface area contributed by atoms with Crippen LogP contribution in [0, 0.1) is 13.8 Å². The Kier molecular flexibility index (Phi) is 4.66. The molecular weight excluding hydrogens is 240 g/mol. The van der Waals surface area contributed by atoms with Gasteiger partial charge in [0, 0.05) is 5.56 Å². The third kappa shape index (κ3) is 2.67. The van der Waals surface area contributed by atoms with Crippen LogP contribution in [-0.4, -0.2) is 24.7 Å². The first-order valence-corrected chi connectivity index (χ1v) is 5.91. The van der Waals surface area contributed by atoms with E-state index in [1.807, 2.05) is 13.8 Å². The van der Waals surface area contributed by atoms with Gasteiger partial charge in [0.05, 0.1) is 25.7 Å². The summed E-state index contributed by atoms with van der Waals surface area (Å²) in [7, 11) is 3.19. The normalized spacial score (nSPS) is 14.3. The number of hydrogen-bond acceptors (Lipinski definition) is 3. The molecule has 2 unspecified atom stereocenters. The van der Waals surface area contributed by atoms with Gasteiger partial charge in [0.2, 0.25) is 0 Å². The molecule has 0 spiro atoms. The molecule has 0 heterocycles. The number of halogens is 1. The Labute approximate surface area is 107 Å². The highest BCUT2D eigenvalue weighted by Crippen LogP contribution is 2.38. The van der Waals surface area contributed by atoms with Crippen molar-refractivity contribution in [3.8, 4) is 11.5 Å². The van der Waals surface area contributed by atoms with Gasteiger partial charge in [0.25, 0.3) is 0 Å². The van der Waals surface area contributed by atoms with Crippen LogP contribution < -0.4 is 9.47 Å². The molecule has 1 aromatic rings. The van der Waals surface area contributed by atoms with Gasteiger partial charge in [-0.25, -0.2) is 0 Å². The molecule has 0 aliphatic heterocycles. The minimum Gasteiger partial charge on any atom is -0.496 e. The van der Waals surface area contributed by atoms with Gasteiger partial charge in [0.15, 0.2) is 0 Å². The topological polar surface area (TPSA) is 38.7 Å². The smallest absolute Gasteiger partial charge is 0.128 e. The van der Waals surface area contributed by atoms with Crippen molar-refractivity contribution in [2.45, 2.75) is 32.3 Å². The standard InChI is InChI=1S/C13H19ClO3/c1-7-8(2)13(17-5)10(6-11(7)16-4)12(15)9(3)14/h6,9,12,15H,1-5H3. The average Bonchev–Trinajstić information content (AvgIpc) is 2.31. The van der Waals surface area contributed by atoms with E-state index >= 15 is 0 Å². The van der Waals surface area contributed by atoms with Gasteiger partial charge in [-0.1, -0.05) is 0 Å². The summed E-state index contributed by atoms with van der Waals surface area (Å²) in [6.45, 7) is 5.64. The summed E-state index contributed by atoms with van der Waals surface area (Å²) in [4.78, 5) is 0. The minimum atomic E-state index is -0.778. The number of alkyl halides is 1. The van der Waals surface area contributed by atoms with Crippen LogP contribution in [0.25, 0.3) is 0 Å². The maximum atomic E-state index is 10.1. The Bertz CT molecular complexity index is 402. The molecule has 0 amide bonds. The first kappa shape index (κ1) is 14.1. The van der Waals surface area contributed by atoms with Crippen molar-refractivity contribution in [3.05, 3.63) is 22.8 Å². The van der Waals surface area contributed by atoms with Gasteiger partial charge in [-0.2, -0.15) is 0 Å². The zero-order valence-electron chi connectivity index (χ0n) is 10.9. The summed E-state index contributed by atoms with van der Waals surface area (Å²) >= 11 is 5.93. The maximum Gasteiger partial charge on any atom is 0.128 e. The van der Waals surface area contributed by atoms with E-state index in [1.54, 1.807) is 27.2 Å².